The lowest BCUT2D eigenvalue weighted by Gasteiger charge is -2.32. The van der Waals surface area contributed by atoms with Gasteiger partial charge in [-0.2, -0.15) is 5.26 Å². The van der Waals surface area contributed by atoms with E-state index in [2.05, 4.69) is 26.7 Å². The summed E-state index contributed by atoms with van der Waals surface area (Å²) in [6.07, 6.45) is 4.69. The first-order valence-corrected chi connectivity index (χ1v) is 9.59. The van der Waals surface area contributed by atoms with Crippen LogP contribution in [0, 0.1) is 17.2 Å². The largest absolute Gasteiger partial charge is 0.454 e. The third-order valence-electron chi connectivity index (χ3n) is 5.09. The normalized spacial score (nSPS) is 15.4. The molecule has 2 N–H and O–H groups in total. The van der Waals surface area contributed by atoms with Crippen molar-refractivity contribution < 1.29 is 19.1 Å². The second-order valence-corrected chi connectivity index (χ2v) is 7.00. The van der Waals surface area contributed by atoms with Gasteiger partial charge in [0, 0.05) is 43.8 Å². The summed E-state index contributed by atoms with van der Waals surface area (Å²) < 4.78 is 10.5. The number of carbonyl (C=O) groups is 2. The van der Waals surface area contributed by atoms with Gasteiger partial charge < -0.3 is 25.0 Å². The molecule has 0 radical (unpaired) electrons. The predicted octanol–water partition coefficient (Wildman–Crippen LogP) is 1.05. The lowest BCUT2D eigenvalue weighted by Crippen LogP contribution is -2.42. The molecule has 0 bridgehead atoms. The van der Waals surface area contributed by atoms with E-state index in [9.17, 15) is 14.9 Å². The van der Waals surface area contributed by atoms with E-state index in [-0.39, 0.29) is 12.7 Å². The van der Waals surface area contributed by atoms with Crippen LogP contribution in [0.4, 0.5) is 11.5 Å². The molecule has 154 valence electrons. The smallest absolute Gasteiger partial charge is 0.313 e. The highest BCUT2D eigenvalue weighted by Gasteiger charge is 2.24. The number of fused-ring (bicyclic) bond motifs is 1. The molecule has 0 atom stereocenters. The van der Waals surface area contributed by atoms with Crippen LogP contribution in [0.2, 0.25) is 0 Å². The van der Waals surface area contributed by atoms with Crippen LogP contribution in [0.15, 0.2) is 30.6 Å². The summed E-state index contributed by atoms with van der Waals surface area (Å²) in [6.45, 7) is 1.96. The Kier molecular flexibility index (Phi) is 5.61. The van der Waals surface area contributed by atoms with Crippen molar-refractivity contribution in [3.05, 3.63) is 36.3 Å². The van der Waals surface area contributed by atoms with Crippen molar-refractivity contribution in [2.24, 2.45) is 5.92 Å². The molecule has 3 heterocycles. The van der Waals surface area contributed by atoms with Crippen molar-refractivity contribution in [1.29, 1.82) is 5.26 Å². The fraction of sp³-hybridized carbons (Fsp3) is 0.350. The Labute approximate surface area is 172 Å². The third-order valence-corrected chi connectivity index (χ3v) is 5.09. The number of hydrogen-bond donors (Lipinski definition) is 2. The molecule has 1 saturated heterocycles. The molecule has 1 fully saturated rings. The molecule has 10 nitrogen and oxygen atoms in total. The van der Waals surface area contributed by atoms with Crippen LogP contribution in [0.3, 0.4) is 0 Å². The number of piperidine rings is 1. The molecule has 0 spiro atoms. The first-order chi connectivity index (χ1) is 14.6. The minimum Gasteiger partial charge on any atom is -0.454 e. The number of aromatic nitrogens is 2. The molecule has 2 aliphatic rings. The average Bonchev–Trinajstić information content (AvgIpc) is 3.25. The number of amides is 2. The van der Waals surface area contributed by atoms with E-state index in [0.29, 0.717) is 48.3 Å². The second kappa shape index (κ2) is 8.65. The van der Waals surface area contributed by atoms with Gasteiger partial charge in [-0.3, -0.25) is 9.59 Å². The number of nitrogens with one attached hydrogen (secondary N) is 2. The Hall–Kier alpha value is -3.87. The molecular weight excluding hydrogens is 388 g/mol. The Morgan fingerprint density at radius 3 is 2.70 bits per heavy atom. The van der Waals surface area contributed by atoms with Gasteiger partial charge in [-0.1, -0.05) is 0 Å². The standard InChI is InChI=1S/C20H20N6O4/c21-10-15-18(23-6-5-22-15)26-7-3-13(4-8-26)11-24-19(27)20(28)25-14-1-2-16-17(9-14)30-12-29-16/h1-2,5-6,9,13H,3-4,7-8,11-12H2,(H,24,27)(H,25,28). The Bertz CT molecular complexity index is 997. The van der Waals surface area contributed by atoms with Gasteiger partial charge in [-0.25, -0.2) is 9.97 Å². The summed E-state index contributed by atoms with van der Waals surface area (Å²) in [5.74, 6) is 0.548. The maximum Gasteiger partial charge on any atom is 0.313 e. The topological polar surface area (TPSA) is 129 Å². The lowest BCUT2D eigenvalue weighted by atomic mass is 9.96. The van der Waals surface area contributed by atoms with Crippen molar-refractivity contribution >= 4 is 23.3 Å². The number of ether oxygens (including phenoxy) is 2. The van der Waals surface area contributed by atoms with Crippen LogP contribution in [0.1, 0.15) is 18.5 Å². The number of hydrogen-bond acceptors (Lipinski definition) is 8. The molecule has 2 amide bonds. The van der Waals surface area contributed by atoms with Gasteiger partial charge in [0.2, 0.25) is 6.79 Å². The Morgan fingerprint density at radius 1 is 1.13 bits per heavy atom. The van der Waals surface area contributed by atoms with Crippen LogP contribution >= 0.6 is 0 Å². The first kappa shape index (κ1) is 19.4. The van der Waals surface area contributed by atoms with Crippen molar-refractivity contribution in [3.63, 3.8) is 0 Å². The van der Waals surface area contributed by atoms with E-state index < -0.39 is 11.8 Å². The number of rotatable bonds is 4. The Morgan fingerprint density at radius 2 is 1.90 bits per heavy atom. The van der Waals surface area contributed by atoms with Gasteiger partial charge in [0.1, 0.15) is 6.07 Å². The highest BCUT2D eigenvalue weighted by atomic mass is 16.7. The number of nitrogens with zero attached hydrogens (tertiary/aromatic N) is 4. The molecule has 2 aliphatic heterocycles. The number of anilines is 2. The van der Waals surface area contributed by atoms with Crippen LogP contribution in [0.5, 0.6) is 11.5 Å². The van der Waals surface area contributed by atoms with E-state index in [1.165, 1.54) is 6.20 Å². The number of benzene rings is 1. The van der Waals surface area contributed by atoms with Crippen molar-refractivity contribution in [3.8, 4) is 17.6 Å². The summed E-state index contributed by atoms with van der Waals surface area (Å²) in [4.78, 5) is 34.6. The van der Waals surface area contributed by atoms with Gasteiger partial charge in [0.25, 0.3) is 0 Å². The average molecular weight is 408 g/mol. The molecule has 1 aromatic carbocycles. The number of carbonyl (C=O) groups excluding carboxylic acids is 2. The van der Waals surface area contributed by atoms with Crippen LogP contribution in [0.25, 0.3) is 0 Å². The summed E-state index contributed by atoms with van der Waals surface area (Å²) in [5.41, 5.74) is 0.773. The molecule has 30 heavy (non-hydrogen) atoms. The highest BCUT2D eigenvalue weighted by molar-refractivity contribution is 6.39. The van der Waals surface area contributed by atoms with Gasteiger partial charge in [0.05, 0.1) is 0 Å². The molecule has 1 aromatic heterocycles. The molecule has 0 saturated carbocycles. The minimum atomic E-state index is -0.732. The minimum absolute atomic E-state index is 0.140. The van der Waals surface area contributed by atoms with Gasteiger partial charge in [0.15, 0.2) is 23.0 Å². The van der Waals surface area contributed by atoms with Crippen LogP contribution in [-0.4, -0.2) is 48.2 Å². The SMILES string of the molecule is N#Cc1nccnc1N1CCC(CNC(=O)C(=O)Nc2ccc3c(c2)OCO3)CC1. The maximum absolute atomic E-state index is 12.1. The molecule has 4 rings (SSSR count). The monoisotopic (exact) mass is 408 g/mol. The third kappa shape index (κ3) is 4.25. The molecule has 0 aliphatic carbocycles. The van der Waals surface area contributed by atoms with E-state index in [1.807, 2.05) is 4.90 Å². The van der Waals surface area contributed by atoms with Crippen molar-refractivity contribution in [1.82, 2.24) is 15.3 Å². The summed E-state index contributed by atoms with van der Waals surface area (Å²) in [6, 6.07) is 7.00. The van der Waals surface area contributed by atoms with Gasteiger partial charge >= 0.3 is 11.8 Å². The zero-order valence-corrected chi connectivity index (χ0v) is 16.1. The fourth-order valence-corrected chi connectivity index (χ4v) is 3.47. The van der Waals surface area contributed by atoms with Crippen molar-refractivity contribution in [2.75, 3.05) is 36.6 Å². The molecule has 10 heteroatoms. The van der Waals surface area contributed by atoms with Gasteiger partial charge in [-0.05, 0) is 30.9 Å². The highest BCUT2D eigenvalue weighted by Crippen LogP contribution is 2.34. The summed E-state index contributed by atoms with van der Waals surface area (Å²) in [7, 11) is 0. The van der Waals surface area contributed by atoms with Crippen molar-refractivity contribution in [2.45, 2.75) is 12.8 Å². The number of nitriles is 1. The predicted molar refractivity (Wildman–Crippen MR) is 106 cm³/mol. The van der Waals surface area contributed by atoms with E-state index in [0.717, 1.165) is 12.8 Å². The van der Waals surface area contributed by atoms with E-state index in [1.54, 1.807) is 24.4 Å². The zero-order valence-electron chi connectivity index (χ0n) is 16.1. The van der Waals surface area contributed by atoms with Gasteiger partial charge in [-0.15, -0.1) is 0 Å². The summed E-state index contributed by atoms with van der Waals surface area (Å²) >= 11 is 0. The van der Waals surface area contributed by atoms with Crippen LogP contribution < -0.4 is 25.0 Å². The van der Waals surface area contributed by atoms with Crippen LogP contribution in [-0.2, 0) is 9.59 Å². The second-order valence-electron chi connectivity index (χ2n) is 7.00. The summed E-state index contributed by atoms with van der Waals surface area (Å²) in [5, 5.41) is 14.4. The fourth-order valence-electron chi connectivity index (χ4n) is 3.47. The molecule has 2 aromatic rings. The zero-order chi connectivity index (χ0) is 20.9. The molecular formula is C20H20N6O4. The maximum atomic E-state index is 12.1. The lowest BCUT2D eigenvalue weighted by molar-refractivity contribution is -0.136. The first-order valence-electron chi connectivity index (χ1n) is 9.59. The van der Waals surface area contributed by atoms with E-state index >= 15 is 0 Å². The quantitative estimate of drug-likeness (QED) is 0.718. The molecule has 0 unspecified atom stereocenters. The van der Waals surface area contributed by atoms with E-state index in [4.69, 9.17) is 9.47 Å². The Balaban J connectivity index is 1.24.